The molecular weight excluding hydrogens is 268 g/mol. The summed E-state index contributed by atoms with van der Waals surface area (Å²) in [6, 6.07) is 14.7. The predicted octanol–water partition coefficient (Wildman–Crippen LogP) is 5.38. The molecule has 2 rings (SSSR count). The van der Waals surface area contributed by atoms with Gasteiger partial charge >= 0.3 is 0 Å². The van der Waals surface area contributed by atoms with Crippen LogP contribution in [0, 0.1) is 11.8 Å². The molecule has 2 aromatic rings. The van der Waals surface area contributed by atoms with Crippen LogP contribution >= 0.6 is 0 Å². The van der Waals surface area contributed by atoms with Crippen molar-refractivity contribution in [2.45, 2.75) is 47.0 Å². The van der Waals surface area contributed by atoms with E-state index >= 15 is 0 Å². The van der Waals surface area contributed by atoms with Crippen LogP contribution in [-0.2, 0) is 19.3 Å². The van der Waals surface area contributed by atoms with E-state index in [9.17, 15) is 5.11 Å². The first-order chi connectivity index (χ1) is 10.5. The van der Waals surface area contributed by atoms with E-state index in [0.717, 1.165) is 30.4 Å². The Bertz CT molecular complexity index is 597. The Labute approximate surface area is 135 Å². The molecule has 0 unspecified atom stereocenters. The molecule has 0 aromatic heterocycles. The summed E-state index contributed by atoms with van der Waals surface area (Å²) >= 11 is 0. The monoisotopic (exact) mass is 296 g/mol. The zero-order valence-electron chi connectivity index (χ0n) is 14.3. The Morgan fingerprint density at radius 1 is 0.773 bits per heavy atom. The zero-order valence-corrected chi connectivity index (χ0v) is 14.3. The van der Waals surface area contributed by atoms with Crippen molar-refractivity contribution in [3.63, 3.8) is 0 Å². The number of phenolic OH excluding ortho intramolecular Hbond substituents is 1. The lowest BCUT2D eigenvalue weighted by Crippen LogP contribution is -2.05. The molecule has 118 valence electrons. The molecule has 22 heavy (non-hydrogen) atoms. The lowest BCUT2D eigenvalue weighted by atomic mass is 9.89. The van der Waals surface area contributed by atoms with Crippen LogP contribution in [0.5, 0.6) is 5.75 Å². The Balaban J connectivity index is 2.36. The molecule has 0 saturated heterocycles. The van der Waals surface area contributed by atoms with Gasteiger partial charge in [0.1, 0.15) is 5.75 Å². The largest absolute Gasteiger partial charge is 0.507 e. The second kappa shape index (κ2) is 7.49. The molecule has 2 aromatic carbocycles. The topological polar surface area (TPSA) is 20.2 Å². The smallest absolute Gasteiger partial charge is 0.122 e. The van der Waals surface area contributed by atoms with Gasteiger partial charge in [0.05, 0.1) is 0 Å². The van der Waals surface area contributed by atoms with Crippen molar-refractivity contribution < 1.29 is 5.11 Å². The van der Waals surface area contributed by atoms with Crippen LogP contribution in [-0.4, -0.2) is 5.11 Å². The van der Waals surface area contributed by atoms with Gasteiger partial charge in [-0.05, 0) is 46.9 Å². The van der Waals surface area contributed by atoms with E-state index in [2.05, 4.69) is 64.1 Å². The number of phenols is 1. The van der Waals surface area contributed by atoms with Gasteiger partial charge in [-0.1, -0.05) is 70.2 Å². The quantitative estimate of drug-likeness (QED) is 0.758. The van der Waals surface area contributed by atoms with E-state index < -0.39 is 0 Å². The van der Waals surface area contributed by atoms with Gasteiger partial charge in [-0.15, -0.1) is 0 Å². The summed E-state index contributed by atoms with van der Waals surface area (Å²) < 4.78 is 0. The molecular formula is C21H28O. The van der Waals surface area contributed by atoms with Crippen LogP contribution in [0.1, 0.15) is 49.9 Å². The third kappa shape index (κ3) is 4.37. The molecule has 0 aliphatic heterocycles. The summed E-state index contributed by atoms with van der Waals surface area (Å²) in [4.78, 5) is 0. The van der Waals surface area contributed by atoms with Gasteiger partial charge in [0.15, 0.2) is 0 Å². The summed E-state index contributed by atoms with van der Waals surface area (Å²) in [6.07, 6.45) is 2.76. The van der Waals surface area contributed by atoms with E-state index in [-0.39, 0.29) is 0 Å². The van der Waals surface area contributed by atoms with Crippen LogP contribution < -0.4 is 0 Å². The molecule has 1 heteroatoms. The molecule has 0 radical (unpaired) electrons. The standard InChI is InChI=1S/C21H28O/c1-15(2)12-18-10-11-19(14-17-8-6-5-7-9-17)21(22)20(18)13-16(3)4/h5-11,15-16,22H,12-14H2,1-4H3. The third-order valence-corrected chi connectivity index (χ3v) is 3.94. The molecule has 0 aliphatic rings. The summed E-state index contributed by atoms with van der Waals surface area (Å²) in [5.41, 5.74) is 4.73. The van der Waals surface area contributed by atoms with Crippen LogP contribution in [0.4, 0.5) is 0 Å². The van der Waals surface area contributed by atoms with Crippen LogP contribution in [0.15, 0.2) is 42.5 Å². The molecule has 0 amide bonds. The zero-order chi connectivity index (χ0) is 16.1. The van der Waals surface area contributed by atoms with Gasteiger partial charge in [0.25, 0.3) is 0 Å². The van der Waals surface area contributed by atoms with Crippen LogP contribution in [0.2, 0.25) is 0 Å². The molecule has 0 aliphatic carbocycles. The second-order valence-electron chi connectivity index (χ2n) is 7.07. The van der Waals surface area contributed by atoms with E-state index in [1.807, 2.05) is 6.07 Å². The first-order valence-corrected chi connectivity index (χ1v) is 8.34. The molecule has 0 atom stereocenters. The second-order valence-corrected chi connectivity index (χ2v) is 7.07. The SMILES string of the molecule is CC(C)Cc1ccc(Cc2ccccc2)c(O)c1CC(C)C. The summed E-state index contributed by atoms with van der Waals surface area (Å²) in [5, 5.41) is 10.8. The average molecular weight is 296 g/mol. The molecule has 0 saturated carbocycles. The van der Waals surface area contributed by atoms with E-state index in [4.69, 9.17) is 0 Å². The lowest BCUT2D eigenvalue weighted by molar-refractivity contribution is 0.454. The summed E-state index contributed by atoms with van der Waals surface area (Å²) in [7, 11) is 0. The van der Waals surface area contributed by atoms with E-state index in [1.165, 1.54) is 11.1 Å². The van der Waals surface area contributed by atoms with Crippen molar-refractivity contribution in [2.24, 2.45) is 11.8 Å². The number of benzene rings is 2. The fourth-order valence-corrected chi connectivity index (χ4v) is 2.95. The third-order valence-electron chi connectivity index (χ3n) is 3.94. The summed E-state index contributed by atoms with van der Waals surface area (Å²) in [6.45, 7) is 8.88. The molecule has 1 nitrogen and oxygen atoms in total. The molecule has 0 fully saturated rings. The first kappa shape index (κ1) is 16.6. The first-order valence-electron chi connectivity index (χ1n) is 8.34. The fourth-order valence-electron chi connectivity index (χ4n) is 2.95. The summed E-state index contributed by atoms with van der Waals surface area (Å²) in [5.74, 6) is 1.66. The minimum atomic E-state index is 0.510. The highest BCUT2D eigenvalue weighted by Crippen LogP contribution is 2.31. The maximum Gasteiger partial charge on any atom is 0.122 e. The highest BCUT2D eigenvalue weighted by Gasteiger charge is 2.15. The van der Waals surface area contributed by atoms with Gasteiger partial charge in [0.2, 0.25) is 0 Å². The van der Waals surface area contributed by atoms with Crippen LogP contribution in [0.25, 0.3) is 0 Å². The van der Waals surface area contributed by atoms with Crippen molar-refractivity contribution in [1.82, 2.24) is 0 Å². The lowest BCUT2D eigenvalue weighted by Gasteiger charge is -2.18. The molecule has 0 heterocycles. The predicted molar refractivity (Wildman–Crippen MR) is 94.4 cm³/mol. The van der Waals surface area contributed by atoms with Crippen LogP contribution in [0.3, 0.4) is 0 Å². The van der Waals surface area contributed by atoms with Crippen molar-refractivity contribution in [2.75, 3.05) is 0 Å². The fraction of sp³-hybridized carbons (Fsp3) is 0.429. The van der Waals surface area contributed by atoms with Gasteiger partial charge in [0, 0.05) is 6.42 Å². The van der Waals surface area contributed by atoms with Gasteiger partial charge in [-0.25, -0.2) is 0 Å². The highest BCUT2D eigenvalue weighted by molar-refractivity contribution is 5.48. The van der Waals surface area contributed by atoms with Crippen molar-refractivity contribution in [3.05, 3.63) is 64.7 Å². The minimum absolute atomic E-state index is 0.510. The highest BCUT2D eigenvalue weighted by atomic mass is 16.3. The Kier molecular flexibility index (Phi) is 5.65. The van der Waals surface area contributed by atoms with Gasteiger partial charge in [-0.3, -0.25) is 0 Å². The number of hydrogen-bond donors (Lipinski definition) is 1. The average Bonchev–Trinajstić information content (AvgIpc) is 2.46. The molecule has 1 N–H and O–H groups in total. The van der Waals surface area contributed by atoms with Crippen molar-refractivity contribution in [1.29, 1.82) is 0 Å². The Morgan fingerprint density at radius 2 is 1.36 bits per heavy atom. The van der Waals surface area contributed by atoms with E-state index in [1.54, 1.807) is 0 Å². The Morgan fingerprint density at radius 3 is 1.95 bits per heavy atom. The Hall–Kier alpha value is -1.76. The maximum atomic E-state index is 10.8. The van der Waals surface area contributed by atoms with Crippen molar-refractivity contribution in [3.8, 4) is 5.75 Å². The number of rotatable bonds is 6. The number of hydrogen-bond acceptors (Lipinski definition) is 1. The van der Waals surface area contributed by atoms with Gasteiger partial charge < -0.3 is 5.11 Å². The van der Waals surface area contributed by atoms with Gasteiger partial charge in [-0.2, -0.15) is 0 Å². The van der Waals surface area contributed by atoms with E-state index in [0.29, 0.717) is 17.6 Å². The molecule has 0 bridgehead atoms. The minimum Gasteiger partial charge on any atom is -0.507 e. The normalized spacial score (nSPS) is 11.4. The molecule has 0 spiro atoms. The number of aromatic hydroxyl groups is 1. The maximum absolute atomic E-state index is 10.8. The van der Waals surface area contributed by atoms with Crippen molar-refractivity contribution >= 4 is 0 Å².